The van der Waals surface area contributed by atoms with Gasteiger partial charge in [-0.3, -0.25) is 0 Å². The third-order valence-electron chi connectivity index (χ3n) is 2.21. The highest BCUT2D eigenvalue weighted by Gasteiger charge is 1.96. The molecule has 0 bridgehead atoms. The fraction of sp³-hybridized carbons (Fsp3) is 0.286. The lowest BCUT2D eigenvalue weighted by Crippen LogP contribution is -1.89. The summed E-state index contributed by atoms with van der Waals surface area (Å²) in [6.45, 7) is 6.08. The number of hydrogen-bond donors (Lipinski definition) is 0. The van der Waals surface area contributed by atoms with Crippen molar-refractivity contribution in [3.63, 3.8) is 0 Å². The first kappa shape index (κ1) is 12.4. The normalized spacial score (nSPS) is 9.25. The predicted molar refractivity (Wildman–Crippen MR) is 68.4 cm³/mol. The van der Waals surface area contributed by atoms with E-state index in [0.717, 1.165) is 11.4 Å². The van der Waals surface area contributed by atoms with E-state index in [9.17, 15) is 0 Å². The molecule has 0 N–H and O–H groups in total. The molecular formula is C14H19NO. The minimum atomic E-state index is 0.887. The molecule has 2 rings (SSSR count). The molecule has 0 radical (unpaired) electrons. The van der Waals surface area contributed by atoms with E-state index < -0.39 is 0 Å². The van der Waals surface area contributed by atoms with Crippen molar-refractivity contribution >= 4 is 0 Å². The highest BCUT2D eigenvalue weighted by atomic mass is 16.5. The monoisotopic (exact) mass is 217 g/mol. The van der Waals surface area contributed by atoms with Crippen LogP contribution < -0.4 is 4.74 Å². The van der Waals surface area contributed by atoms with Crippen LogP contribution >= 0.6 is 0 Å². The predicted octanol–water partition coefficient (Wildman–Crippen LogP) is 3.82. The zero-order chi connectivity index (χ0) is 12.0. The van der Waals surface area contributed by atoms with E-state index in [1.807, 2.05) is 38.1 Å². The number of ether oxygens (including phenoxy) is 1. The van der Waals surface area contributed by atoms with E-state index in [-0.39, 0.29) is 0 Å². The molecule has 0 aliphatic rings. The zero-order valence-corrected chi connectivity index (χ0v) is 10.4. The Kier molecular flexibility index (Phi) is 4.65. The molecule has 2 aromatic rings. The van der Waals surface area contributed by atoms with E-state index in [1.165, 1.54) is 5.56 Å². The van der Waals surface area contributed by atoms with Crippen LogP contribution in [0.25, 0.3) is 5.69 Å². The summed E-state index contributed by atoms with van der Waals surface area (Å²) in [5.74, 6) is 0.887. The van der Waals surface area contributed by atoms with Gasteiger partial charge in [-0.1, -0.05) is 13.8 Å². The van der Waals surface area contributed by atoms with Gasteiger partial charge in [0.1, 0.15) is 5.75 Å². The second kappa shape index (κ2) is 6.01. The van der Waals surface area contributed by atoms with Crippen molar-refractivity contribution in [3.05, 3.63) is 48.3 Å². The van der Waals surface area contributed by atoms with Crippen molar-refractivity contribution in [1.82, 2.24) is 4.57 Å². The number of hydrogen-bond acceptors (Lipinski definition) is 1. The summed E-state index contributed by atoms with van der Waals surface area (Å²) >= 11 is 0. The number of benzene rings is 1. The Labute approximate surface area is 97.5 Å². The fourth-order valence-corrected chi connectivity index (χ4v) is 1.42. The molecule has 1 aromatic carbocycles. The van der Waals surface area contributed by atoms with Crippen molar-refractivity contribution in [2.24, 2.45) is 0 Å². The van der Waals surface area contributed by atoms with Gasteiger partial charge >= 0.3 is 0 Å². The lowest BCUT2D eigenvalue weighted by Gasteiger charge is -2.04. The Balaban J connectivity index is 0.000000606. The smallest absolute Gasteiger partial charge is 0.119 e. The van der Waals surface area contributed by atoms with E-state index in [2.05, 4.69) is 30.0 Å². The van der Waals surface area contributed by atoms with Gasteiger partial charge in [-0.2, -0.15) is 0 Å². The van der Waals surface area contributed by atoms with Gasteiger partial charge in [0.25, 0.3) is 0 Å². The Hall–Kier alpha value is -1.70. The van der Waals surface area contributed by atoms with Crippen LogP contribution in [0.15, 0.2) is 42.7 Å². The zero-order valence-electron chi connectivity index (χ0n) is 10.4. The molecule has 0 unspecified atom stereocenters. The molecule has 86 valence electrons. The topological polar surface area (TPSA) is 14.2 Å². The van der Waals surface area contributed by atoms with Crippen LogP contribution in [-0.4, -0.2) is 11.7 Å². The first-order chi connectivity index (χ1) is 7.79. The third kappa shape index (κ3) is 2.89. The van der Waals surface area contributed by atoms with Crippen molar-refractivity contribution in [3.8, 4) is 11.4 Å². The van der Waals surface area contributed by atoms with Crippen LogP contribution in [0.3, 0.4) is 0 Å². The molecule has 0 aliphatic carbocycles. The van der Waals surface area contributed by atoms with E-state index in [4.69, 9.17) is 4.74 Å². The van der Waals surface area contributed by atoms with Crippen molar-refractivity contribution in [2.45, 2.75) is 20.8 Å². The highest BCUT2D eigenvalue weighted by molar-refractivity contribution is 5.38. The minimum Gasteiger partial charge on any atom is -0.497 e. The van der Waals surface area contributed by atoms with Gasteiger partial charge in [0, 0.05) is 18.1 Å². The molecule has 1 heterocycles. The van der Waals surface area contributed by atoms with Crippen LogP contribution in [0.1, 0.15) is 19.4 Å². The molecule has 0 saturated carbocycles. The van der Waals surface area contributed by atoms with Gasteiger partial charge < -0.3 is 9.30 Å². The third-order valence-corrected chi connectivity index (χ3v) is 2.21. The Morgan fingerprint density at radius 1 is 1.00 bits per heavy atom. The molecule has 0 spiro atoms. The van der Waals surface area contributed by atoms with Crippen LogP contribution in [0, 0.1) is 6.92 Å². The average molecular weight is 217 g/mol. The summed E-state index contributed by atoms with van der Waals surface area (Å²) in [5, 5.41) is 0. The molecule has 0 atom stereocenters. The Morgan fingerprint density at radius 2 is 1.62 bits per heavy atom. The summed E-state index contributed by atoms with van der Waals surface area (Å²) in [4.78, 5) is 0. The number of methoxy groups -OCH3 is 1. The number of aromatic nitrogens is 1. The standard InChI is InChI=1S/C12H13NO.C2H6/c1-10-7-8-13(9-10)11-3-5-12(14-2)6-4-11;1-2/h3-9H,1-2H3;1-2H3. The molecule has 16 heavy (non-hydrogen) atoms. The second-order valence-corrected chi connectivity index (χ2v) is 3.29. The van der Waals surface area contributed by atoms with Gasteiger partial charge in [0.05, 0.1) is 7.11 Å². The maximum Gasteiger partial charge on any atom is 0.119 e. The largest absolute Gasteiger partial charge is 0.497 e. The fourth-order valence-electron chi connectivity index (χ4n) is 1.42. The minimum absolute atomic E-state index is 0.887. The van der Waals surface area contributed by atoms with Gasteiger partial charge in [0.2, 0.25) is 0 Å². The summed E-state index contributed by atoms with van der Waals surface area (Å²) in [6.07, 6.45) is 4.15. The summed E-state index contributed by atoms with van der Waals surface area (Å²) in [6, 6.07) is 10.1. The molecule has 1 aromatic heterocycles. The number of nitrogens with zero attached hydrogens (tertiary/aromatic N) is 1. The lowest BCUT2D eigenvalue weighted by molar-refractivity contribution is 0.415. The van der Waals surface area contributed by atoms with Crippen LogP contribution in [-0.2, 0) is 0 Å². The number of rotatable bonds is 2. The average Bonchev–Trinajstić information content (AvgIpc) is 2.79. The SMILES string of the molecule is CC.COc1ccc(-n2ccc(C)c2)cc1. The summed E-state index contributed by atoms with van der Waals surface area (Å²) < 4.78 is 7.19. The van der Waals surface area contributed by atoms with Crippen molar-refractivity contribution in [1.29, 1.82) is 0 Å². The van der Waals surface area contributed by atoms with Crippen molar-refractivity contribution in [2.75, 3.05) is 7.11 Å². The number of aryl methyl sites for hydroxylation is 1. The summed E-state index contributed by atoms with van der Waals surface area (Å²) in [5.41, 5.74) is 2.42. The maximum atomic E-state index is 5.10. The molecule has 0 saturated heterocycles. The molecule has 2 heteroatoms. The molecule has 2 nitrogen and oxygen atoms in total. The highest BCUT2D eigenvalue weighted by Crippen LogP contribution is 2.15. The molecular weight excluding hydrogens is 198 g/mol. The van der Waals surface area contributed by atoms with Crippen LogP contribution in [0.5, 0.6) is 5.75 Å². The van der Waals surface area contributed by atoms with Crippen LogP contribution in [0.2, 0.25) is 0 Å². The van der Waals surface area contributed by atoms with Gasteiger partial charge in [-0.15, -0.1) is 0 Å². The van der Waals surface area contributed by atoms with E-state index >= 15 is 0 Å². The van der Waals surface area contributed by atoms with E-state index in [0.29, 0.717) is 0 Å². The van der Waals surface area contributed by atoms with Gasteiger partial charge in [0.15, 0.2) is 0 Å². The summed E-state index contributed by atoms with van der Waals surface area (Å²) in [7, 11) is 1.68. The Morgan fingerprint density at radius 3 is 2.06 bits per heavy atom. The van der Waals surface area contributed by atoms with Gasteiger partial charge in [-0.25, -0.2) is 0 Å². The molecule has 0 fully saturated rings. The first-order valence-corrected chi connectivity index (χ1v) is 5.58. The van der Waals surface area contributed by atoms with Crippen LogP contribution in [0.4, 0.5) is 0 Å². The quantitative estimate of drug-likeness (QED) is 0.746. The van der Waals surface area contributed by atoms with Crippen molar-refractivity contribution < 1.29 is 4.74 Å². The second-order valence-electron chi connectivity index (χ2n) is 3.29. The molecule has 0 aliphatic heterocycles. The van der Waals surface area contributed by atoms with Gasteiger partial charge in [-0.05, 0) is 42.8 Å². The molecule has 0 amide bonds. The Bertz CT molecular complexity index is 415. The first-order valence-electron chi connectivity index (χ1n) is 5.58. The lowest BCUT2D eigenvalue weighted by atomic mass is 10.3. The maximum absolute atomic E-state index is 5.10. The van der Waals surface area contributed by atoms with E-state index in [1.54, 1.807) is 7.11 Å².